The molecule has 0 radical (unpaired) electrons. The molecule has 0 bridgehead atoms. The number of aromatic amines is 1. The van der Waals surface area contributed by atoms with Gasteiger partial charge in [0.15, 0.2) is 0 Å². The zero-order valence-corrected chi connectivity index (χ0v) is 9.35. The van der Waals surface area contributed by atoms with Crippen LogP contribution in [-0.4, -0.2) is 17.1 Å². The van der Waals surface area contributed by atoms with E-state index in [2.05, 4.69) is 9.97 Å². The minimum atomic E-state index is -0.313. The Hall–Kier alpha value is -1.33. The summed E-state index contributed by atoms with van der Waals surface area (Å²) >= 11 is 7.37. The Kier molecular flexibility index (Phi) is 2.75. The summed E-state index contributed by atoms with van der Waals surface area (Å²) in [7, 11) is 1.43. The maximum atomic E-state index is 11.4. The van der Waals surface area contributed by atoms with Crippen LogP contribution < -0.4 is 10.3 Å². The van der Waals surface area contributed by atoms with Crippen LogP contribution in [0.5, 0.6) is 5.75 Å². The first-order chi connectivity index (χ1) is 7.24. The summed E-state index contributed by atoms with van der Waals surface area (Å²) in [5, 5.41) is 2.40. The Morgan fingerprint density at radius 1 is 1.60 bits per heavy atom. The van der Waals surface area contributed by atoms with Gasteiger partial charge in [0, 0.05) is 0 Å². The van der Waals surface area contributed by atoms with E-state index in [4.69, 9.17) is 16.3 Å². The van der Waals surface area contributed by atoms with Gasteiger partial charge in [0.1, 0.15) is 5.69 Å². The van der Waals surface area contributed by atoms with E-state index >= 15 is 0 Å². The predicted octanol–water partition coefficient (Wildman–Crippen LogP) is 2.16. The second-order valence-corrected chi connectivity index (χ2v) is 4.03. The molecular formula is C9H7ClN2O2S. The summed E-state index contributed by atoms with van der Waals surface area (Å²) < 4.78 is 5.00. The number of ether oxygens (including phenoxy) is 1. The molecule has 0 amide bonds. The van der Waals surface area contributed by atoms with Crippen molar-refractivity contribution in [2.75, 3.05) is 7.11 Å². The van der Waals surface area contributed by atoms with Crippen molar-refractivity contribution >= 4 is 22.9 Å². The van der Waals surface area contributed by atoms with Crippen LogP contribution in [0.15, 0.2) is 22.6 Å². The first kappa shape index (κ1) is 10.2. The lowest BCUT2D eigenvalue weighted by atomic mass is 10.3. The predicted molar refractivity (Wildman–Crippen MR) is 59.7 cm³/mol. The van der Waals surface area contributed by atoms with Crippen molar-refractivity contribution in [1.29, 1.82) is 0 Å². The molecule has 2 heterocycles. The van der Waals surface area contributed by atoms with Crippen LogP contribution in [0.1, 0.15) is 0 Å². The van der Waals surface area contributed by atoms with Crippen molar-refractivity contribution in [3.8, 4) is 16.3 Å². The average molecular weight is 243 g/mol. The standard InChI is InChI=1S/C9H7ClN2O2S/c1-14-7-6(11-4-12-9(7)13)8-5(10)2-3-15-8/h2-4H,1H3,(H,11,12,13). The number of hydrogen-bond acceptors (Lipinski definition) is 4. The van der Waals surface area contributed by atoms with Crippen molar-refractivity contribution in [2.45, 2.75) is 0 Å². The number of rotatable bonds is 2. The summed E-state index contributed by atoms with van der Waals surface area (Å²) in [5.74, 6) is 0.182. The molecule has 2 aromatic rings. The van der Waals surface area contributed by atoms with Crippen LogP contribution in [-0.2, 0) is 0 Å². The Morgan fingerprint density at radius 3 is 3.00 bits per heavy atom. The van der Waals surface area contributed by atoms with Gasteiger partial charge in [-0.3, -0.25) is 4.79 Å². The van der Waals surface area contributed by atoms with Gasteiger partial charge in [0.25, 0.3) is 5.56 Å². The molecule has 0 aliphatic rings. The highest BCUT2D eigenvalue weighted by Gasteiger charge is 2.14. The third-order valence-corrected chi connectivity index (χ3v) is 3.20. The Labute approximate surface area is 94.5 Å². The molecule has 0 unspecified atom stereocenters. The molecule has 0 saturated heterocycles. The van der Waals surface area contributed by atoms with Crippen molar-refractivity contribution in [3.05, 3.63) is 33.2 Å². The zero-order valence-electron chi connectivity index (χ0n) is 7.78. The summed E-state index contributed by atoms with van der Waals surface area (Å²) in [5.41, 5.74) is 0.160. The van der Waals surface area contributed by atoms with E-state index in [0.29, 0.717) is 10.7 Å². The number of aromatic nitrogens is 2. The van der Waals surface area contributed by atoms with Gasteiger partial charge < -0.3 is 9.72 Å². The lowest BCUT2D eigenvalue weighted by Gasteiger charge is -2.03. The number of nitrogens with zero attached hydrogens (tertiary/aromatic N) is 1. The number of nitrogens with one attached hydrogen (secondary N) is 1. The highest BCUT2D eigenvalue weighted by atomic mass is 35.5. The average Bonchev–Trinajstić information content (AvgIpc) is 2.64. The van der Waals surface area contributed by atoms with E-state index < -0.39 is 0 Å². The van der Waals surface area contributed by atoms with E-state index in [-0.39, 0.29) is 11.3 Å². The van der Waals surface area contributed by atoms with Crippen molar-refractivity contribution < 1.29 is 4.74 Å². The lowest BCUT2D eigenvalue weighted by Crippen LogP contribution is -2.10. The van der Waals surface area contributed by atoms with E-state index in [9.17, 15) is 4.79 Å². The zero-order chi connectivity index (χ0) is 10.8. The topological polar surface area (TPSA) is 55.0 Å². The molecule has 0 aliphatic carbocycles. The number of methoxy groups -OCH3 is 1. The van der Waals surface area contributed by atoms with Crippen molar-refractivity contribution in [1.82, 2.24) is 9.97 Å². The molecule has 6 heteroatoms. The summed E-state index contributed by atoms with van der Waals surface area (Å²) in [6.45, 7) is 0. The molecule has 0 saturated carbocycles. The van der Waals surface area contributed by atoms with E-state index in [1.165, 1.54) is 24.8 Å². The quantitative estimate of drug-likeness (QED) is 0.878. The fraction of sp³-hybridized carbons (Fsp3) is 0.111. The Bertz CT molecular complexity index is 535. The lowest BCUT2D eigenvalue weighted by molar-refractivity contribution is 0.408. The number of halogens is 1. The van der Waals surface area contributed by atoms with Gasteiger partial charge in [-0.05, 0) is 11.4 Å². The molecule has 2 rings (SSSR count). The first-order valence-electron chi connectivity index (χ1n) is 4.09. The van der Waals surface area contributed by atoms with Crippen LogP contribution in [0.25, 0.3) is 10.6 Å². The van der Waals surface area contributed by atoms with Gasteiger partial charge in [-0.1, -0.05) is 11.6 Å². The Morgan fingerprint density at radius 2 is 2.40 bits per heavy atom. The summed E-state index contributed by atoms with van der Waals surface area (Å²) in [6, 6.07) is 1.75. The summed E-state index contributed by atoms with van der Waals surface area (Å²) in [6.07, 6.45) is 1.33. The first-order valence-corrected chi connectivity index (χ1v) is 5.35. The van der Waals surface area contributed by atoms with Gasteiger partial charge >= 0.3 is 0 Å². The van der Waals surface area contributed by atoms with Crippen LogP contribution in [0.2, 0.25) is 5.02 Å². The van der Waals surface area contributed by atoms with E-state index in [1.54, 1.807) is 6.07 Å². The van der Waals surface area contributed by atoms with Gasteiger partial charge in [0.05, 0.1) is 23.3 Å². The van der Waals surface area contributed by atoms with Crippen LogP contribution in [0.3, 0.4) is 0 Å². The largest absolute Gasteiger partial charge is 0.490 e. The van der Waals surface area contributed by atoms with Crippen LogP contribution in [0, 0.1) is 0 Å². The monoisotopic (exact) mass is 242 g/mol. The minimum Gasteiger partial charge on any atom is -0.490 e. The molecule has 0 aromatic carbocycles. The maximum Gasteiger partial charge on any atom is 0.293 e. The normalized spacial score (nSPS) is 10.3. The van der Waals surface area contributed by atoms with Gasteiger partial charge in [-0.25, -0.2) is 4.98 Å². The molecular weight excluding hydrogens is 236 g/mol. The fourth-order valence-corrected chi connectivity index (χ4v) is 2.34. The van der Waals surface area contributed by atoms with Crippen molar-refractivity contribution in [2.24, 2.45) is 0 Å². The molecule has 15 heavy (non-hydrogen) atoms. The van der Waals surface area contributed by atoms with E-state index in [1.807, 2.05) is 5.38 Å². The Balaban J connectivity index is 2.68. The van der Waals surface area contributed by atoms with Crippen LogP contribution in [0.4, 0.5) is 0 Å². The van der Waals surface area contributed by atoms with Crippen LogP contribution >= 0.6 is 22.9 Å². The molecule has 78 valence electrons. The molecule has 2 aromatic heterocycles. The highest BCUT2D eigenvalue weighted by molar-refractivity contribution is 7.14. The number of H-pyrrole nitrogens is 1. The highest BCUT2D eigenvalue weighted by Crippen LogP contribution is 2.35. The summed E-state index contributed by atoms with van der Waals surface area (Å²) in [4.78, 5) is 18.7. The van der Waals surface area contributed by atoms with Gasteiger partial charge in [-0.2, -0.15) is 0 Å². The second kappa shape index (κ2) is 4.04. The molecule has 0 aliphatic heterocycles. The SMILES string of the molecule is COc1c(-c2sccc2Cl)nc[nH]c1=O. The maximum absolute atomic E-state index is 11.4. The molecule has 0 spiro atoms. The van der Waals surface area contributed by atoms with Gasteiger partial charge in [0.2, 0.25) is 5.75 Å². The second-order valence-electron chi connectivity index (χ2n) is 2.71. The molecule has 4 nitrogen and oxygen atoms in total. The van der Waals surface area contributed by atoms with Crippen molar-refractivity contribution in [3.63, 3.8) is 0 Å². The van der Waals surface area contributed by atoms with Gasteiger partial charge in [-0.15, -0.1) is 11.3 Å². The number of hydrogen-bond donors (Lipinski definition) is 1. The third kappa shape index (κ3) is 1.75. The fourth-order valence-electron chi connectivity index (χ4n) is 1.20. The minimum absolute atomic E-state index is 0.182. The van der Waals surface area contributed by atoms with E-state index in [0.717, 1.165) is 4.88 Å². The smallest absolute Gasteiger partial charge is 0.293 e. The molecule has 0 fully saturated rings. The molecule has 0 atom stereocenters. The number of thiophene rings is 1. The molecule has 1 N–H and O–H groups in total. The third-order valence-electron chi connectivity index (χ3n) is 1.85.